The van der Waals surface area contributed by atoms with Crippen molar-refractivity contribution in [3.8, 4) is 0 Å². The van der Waals surface area contributed by atoms with E-state index in [1.54, 1.807) is 0 Å². The molecule has 5 atom stereocenters. The zero-order valence-electron chi connectivity index (χ0n) is 14.9. The van der Waals surface area contributed by atoms with Gasteiger partial charge in [-0.2, -0.15) is 9.97 Å². The van der Waals surface area contributed by atoms with E-state index in [9.17, 15) is 14.8 Å². The molecule has 0 radical (unpaired) electrons. The topological polar surface area (TPSA) is 158 Å². The molecule has 4 rings (SSSR count). The molecule has 5 N–H and O–H groups in total. The maximum absolute atomic E-state index is 11.2. The van der Waals surface area contributed by atoms with Crippen LogP contribution < -0.4 is 11.1 Å². The molecule has 146 valence electrons. The van der Waals surface area contributed by atoms with Crippen LogP contribution in [0.15, 0.2) is 6.33 Å². The summed E-state index contributed by atoms with van der Waals surface area (Å²) in [6, 6.07) is 0.345. The predicted octanol–water partition coefficient (Wildman–Crippen LogP) is 0.381. The minimum absolute atomic E-state index is 0.0634. The average Bonchev–Trinajstić information content (AvgIpc) is 3.26. The van der Waals surface area contributed by atoms with Crippen LogP contribution in [0.3, 0.4) is 0 Å². The lowest BCUT2D eigenvalue weighted by Gasteiger charge is -2.27. The van der Waals surface area contributed by atoms with Crippen molar-refractivity contribution in [2.75, 3.05) is 24.3 Å². The van der Waals surface area contributed by atoms with E-state index in [2.05, 4.69) is 20.3 Å². The highest BCUT2D eigenvalue weighted by Gasteiger charge is 2.54. The Morgan fingerprint density at radius 3 is 2.93 bits per heavy atom. The smallest absolute Gasteiger partial charge is 0.387 e. The summed E-state index contributed by atoms with van der Waals surface area (Å²) in [6.07, 6.45) is 0.485. The van der Waals surface area contributed by atoms with Crippen molar-refractivity contribution in [1.82, 2.24) is 19.5 Å². The minimum Gasteiger partial charge on any atom is -0.387 e. The van der Waals surface area contributed by atoms with Gasteiger partial charge >= 0.3 is 8.03 Å². The van der Waals surface area contributed by atoms with Crippen LogP contribution in [0.5, 0.6) is 0 Å². The summed E-state index contributed by atoms with van der Waals surface area (Å²) in [5.74, 6) is 0.591. The van der Waals surface area contributed by atoms with Gasteiger partial charge < -0.3 is 26.0 Å². The van der Waals surface area contributed by atoms with Gasteiger partial charge in [-0.05, 0) is 24.3 Å². The predicted molar refractivity (Wildman–Crippen MR) is 96.4 cm³/mol. The van der Waals surface area contributed by atoms with E-state index in [0.29, 0.717) is 23.0 Å². The number of aromatic nitrogens is 4. The lowest BCUT2D eigenvalue weighted by molar-refractivity contribution is -0.0947. The zero-order valence-corrected chi connectivity index (χ0v) is 15.8. The van der Waals surface area contributed by atoms with Crippen molar-refractivity contribution in [3.05, 3.63) is 6.33 Å². The number of rotatable bonds is 6. The molecule has 1 saturated heterocycles. The molecule has 0 spiro atoms. The Bertz CT molecular complexity index is 885. The van der Waals surface area contributed by atoms with E-state index in [1.807, 2.05) is 0 Å². The maximum atomic E-state index is 11.2. The highest BCUT2D eigenvalue weighted by Crippen LogP contribution is 2.41. The summed E-state index contributed by atoms with van der Waals surface area (Å²) in [6.45, 7) is 2.75. The molecule has 11 nitrogen and oxygen atoms in total. The number of ether oxygens (including phenoxy) is 1. The first-order valence-electron chi connectivity index (χ1n) is 8.63. The van der Waals surface area contributed by atoms with Gasteiger partial charge in [0.2, 0.25) is 5.95 Å². The zero-order chi connectivity index (χ0) is 19.3. The second-order valence-corrected chi connectivity index (χ2v) is 8.24. The number of aliphatic hydroxyl groups is 2. The Morgan fingerprint density at radius 2 is 2.26 bits per heavy atom. The molecule has 2 aromatic heterocycles. The van der Waals surface area contributed by atoms with Crippen LogP contribution in [-0.2, 0) is 13.8 Å². The molecule has 0 aromatic carbocycles. The second kappa shape index (κ2) is 6.61. The number of fused-ring (bicyclic) bond motifs is 1. The number of nitrogens with one attached hydrogen (secondary N) is 1. The van der Waals surface area contributed by atoms with E-state index < -0.39 is 32.1 Å². The molecule has 2 aromatic rings. The van der Waals surface area contributed by atoms with Crippen LogP contribution in [0, 0.1) is 0 Å². The first kappa shape index (κ1) is 18.5. The van der Waals surface area contributed by atoms with Crippen LogP contribution in [0.2, 0.25) is 0 Å². The number of hydrogen-bond acceptors (Lipinski definition) is 10. The third kappa shape index (κ3) is 3.37. The molecule has 2 aliphatic rings. The van der Waals surface area contributed by atoms with E-state index in [0.717, 1.165) is 12.8 Å². The number of nitrogens with zero attached hydrogens (tertiary/aromatic N) is 4. The highest BCUT2D eigenvalue weighted by molar-refractivity contribution is 7.38. The van der Waals surface area contributed by atoms with Crippen molar-refractivity contribution in [2.24, 2.45) is 0 Å². The second-order valence-electron chi connectivity index (χ2n) is 7.11. The quantitative estimate of drug-likeness (QED) is 0.502. The molecular formula is C15H22N6O5P+. The number of nitrogens with two attached hydrogens (primary N) is 1. The standard InChI is InChI=1S/C15H22N6O5P/c1-15(23)10(22)8(5-25-27(2)24)26-13(15)21-6-17-9-11(18-7-3-4-7)19-14(16)20-12(9)21/h6-8,10,13,22-23H,3-5H2,1-2H3,(H3,16,18,19,20)/q+1/t8-,10?,13-,15-/m1/s1. The van der Waals surface area contributed by atoms with Crippen LogP contribution in [0.1, 0.15) is 26.0 Å². The Morgan fingerprint density at radius 1 is 1.52 bits per heavy atom. The van der Waals surface area contributed by atoms with Crippen LogP contribution in [-0.4, -0.2) is 66.9 Å². The van der Waals surface area contributed by atoms with Gasteiger partial charge in [-0.1, -0.05) is 0 Å². The Kier molecular flexibility index (Phi) is 4.52. The van der Waals surface area contributed by atoms with Gasteiger partial charge in [0.15, 0.2) is 29.9 Å². The SMILES string of the molecule is C[P+](=O)OC[C@H]1O[C@@H](n2cnc3c(NC4CC4)nc(N)nc32)[C@](C)(O)C1O. The fourth-order valence-electron chi connectivity index (χ4n) is 3.18. The largest absolute Gasteiger partial charge is 0.504 e. The summed E-state index contributed by atoms with van der Waals surface area (Å²) < 4.78 is 23.6. The third-order valence-electron chi connectivity index (χ3n) is 4.78. The van der Waals surface area contributed by atoms with Crippen molar-refractivity contribution in [1.29, 1.82) is 0 Å². The monoisotopic (exact) mass is 397 g/mol. The fourth-order valence-corrected chi connectivity index (χ4v) is 3.54. The molecule has 1 aliphatic carbocycles. The summed E-state index contributed by atoms with van der Waals surface area (Å²) in [7, 11) is -1.85. The van der Waals surface area contributed by atoms with Crippen LogP contribution >= 0.6 is 8.03 Å². The normalized spacial score (nSPS) is 31.4. The van der Waals surface area contributed by atoms with Crippen molar-refractivity contribution in [2.45, 2.75) is 49.8 Å². The number of aliphatic hydroxyl groups excluding tert-OH is 1. The molecule has 2 unspecified atom stereocenters. The van der Waals surface area contributed by atoms with E-state index in [4.69, 9.17) is 15.0 Å². The van der Waals surface area contributed by atoms with Crippen molar-refractivity contribution in [3.63, 3.8) is 0 Å². The molecule has 27 heavy (non-hydrogen) atoms. The molecule has 3 heterocycles. The number of hydrogen-bond donors (Lipinski definition) is 4. The lowest BCUT2D eigenvalue weighted by atomic mass is 9.96. The van der Waals surface area contributed by atoms with E-state index >= 15 is 0 Å². The van der Waals surface area contributed by atoms with Gasteiger partial charge in [0, 0.05) is 6.04 Å². The van der Waals surface area contributed by atoms with E-state index in [-0.39, 0.29) is 12.6 Å². The van der Waals surface area contributed by atoms with Crippen LogP contribution in [0.4, 0.5) is 11.8 Å². The van der Waals surface area contributed by atoms with Gasteiger partial charge in [0.05, 0.1) is 6.33 Å². The average molecular weight is 397 g/mol. The minimum atomic E-state index is -1.85. The summed E-state index contributed by atoms with van der Waals surface area (Å²) in [4.78, 5) is 12.8. The number of nitrogen functional groups attached to an aromatic ring is 1. The van der Waals surface area contributed by atoms with Crippen molar-refractivity contribution >= 4 is 31.0 Å². The van der Waals surface area contributed by atoms with Gasteiger partial charge in [-0.15, -0.1) is 4.52 Å². The van der Waals surface area contributed by atoms with Crippen molar-refractivity contribution < 1.29 is 24.0 Å². The number of anilines is 2. The summed E-state index contributed by atoms with van der Waals surface area (Å²) in [5.41, 5.74) is 5.08. The molecule has 1 saturated carbocycles. The molecule has 0 bridgehead atoms. The number of imidazole rings is 1. The van der Waals surface area contributed by atoms with Gasteiger partial charge in [-0.3, -0.25) is 4.57 Å². The summed E-state index contributed by atoms with van der Waals surface area (Å²) in [5, 5.41) is 24.6. The van der Waals surface area contributed by atoms with E-state index in [1.165, 1.54) is 24.5 Å². The Balaban J connectivity index is 1.68. The summed E-state index contributed by atoms with van der Waals surface area (Å²) >= 11 is 0. The first-order valence-corrected chi connectivity index (χ1v) is 10.3. The molecule has 12 heteroatoms. The lowest BCUT2D eigenvalue weighted by Crippen LogP contribution is -2.44. The first-order chi connectivity index (χ1) is 12.8. The molecule has 2 fully saturated rings. The van der Waals surface area contributed by atoms with Crippen LogP contribution in [0.25, 0.3) is 11.2 Å². The highest BCUT2D eigenvalue weighted by atomic mass is 31.1. The third-order valence-corrected chi connectivity index (χ3v) is 5.30. The maximum Gasteiger partial charge on any atom is 0.504 e. The van der Waals surface area contributed by atoms with Gasteiger partial charge in [0.25, 0.3) is 0 Å². The molecule has 1 aliphatic heterocycles. The molecule has 0 amide bonds. The van der Waals surface area contributed by atoms with Gasteiger partial charge in [0.1, 0.15) is 24.4 Å². The molecular weight excluding hydrogens is 375 g/mol. The van der Waals surface area contributed by atoms with Gasteiger partial charge in [-0.25, -0.2) is 4.98 Å². The fraction of sp³-hybridized carbons (Fsp3) is 0.667. The Hall–Kier alpha value is -1.91. The Labute approximate surface area is 155 Å².